The van der Waals surface area contributed by atoms with Gasteiger partial charge in [-0.15, -0.1) is 0 Å². The van der Waals surface area contributed by atoms with Crippen molar-refractivity contribution in [3.63, 3.8) is 0 Å². The van der Waals surface area contributed by atoms with Gasteiger partial charge in [0, 0.05) is 0 Å². The number of hydrogen-bond donors (Lipinski definition) is 1. The van der Waals surface area contributed by atoms with Crippen LogP contribution >= 0.6 is 21.9 Å². The Hall–Kier alpha value is -1.09. The topological polar surface area (TPSA) is 20.2 Å². The third-order valence-corrected chi connectivity index (χ3v) is 3.38. The van der Waals surface area contributed by atoms with E-state index < -0.39 is 6.10 Å². The van der Waals surface area contributed by atoms with E-state index in [4.69, 9.17) is 0 Å². The van der Waals surface area contributed by atoms with E-state index in [0.29, 0.717) is 0 Å². The van der Waals surface area contributed by atoms with Gasteiger partial charge in [0.2, 0.25) is 0 Å². The summed E-state index contributed by atoms with van der Waals surface area (Å²) >= 11 is 1.98. The van der Waals surface area contributed by atoms with E-state index >= 15 is 0 Å². The first-order valence-electron chi connectivity index (χ1n) is 5.47. The molecule has 2 rings (SSSR count). The van der Waals surface area contributed by atoms with Crippen LogP contribution in [0.2, 0.25) is 0 Å². The minimum atomic E-state index is -0.597. The summed E-state index contributed by atoms with van der Waals surface area (Å²) in [5, 5.41) is 10.1. The SMILES string of the molecule is OC(C#I)C(c1ccccc1)c1ccccc1. The first-order chi connectivity index (χ1) is 8.33. The molecule has 0 saturated heterocycles. The van der Waals surface area contributed by atoms with E-state index in [1.54, 1.807) is 0 Å². The van der Waals surface area contributed by atoms with Crippen molar-refractivity contribution in [3.05, 3.63) is 71.8 Å². The van der Waals surface area contributed by atoms with Crippen molar-refractivity contribution in [1.29, 1.82) is 0 Å². The molecule has 0 spiro atoms. The number of aliphatic hydroxyl groups excluding tert-OH is 1. The molecule has 1 atom stereocenters. The molecule has 17 heavy (non-hydrogen) atoms. The Labute approximate surface area is 114 Å². The van der Waals surface area contributed by atoms with Crippen LogP contribution in [0.25, 0.3) is 0 Å². The number of halogens is 1. The molecule has 0 aliphatic carbocycles. The molecule has 0 fully saturated rings. The van der Waals surface area contributed by atoms with Crippen LogP contribution in [0.3, 0.4) is 0 Å². The van der Waals surface area contributed by atoms with E-state index in [2.05, 4.69) is 3.81 Å². The molecule has 0 aromatic heterocycles. The van der Waals surface area contributed by atoms with Gasteiger partial charge in [0.15, 0.2) is 0 Å². The molecule has 2 aromatic carbocycles. The Morgan fingerprint density at radius 2 is 1.24 bits per heavy atom. The molecule has 1 unspecified atom stereocenters. The Morgan fingerprint density at radius 3 is 1.59 bits per heavy atom. The molecular weight excluding hydrogens is 323 g/mol. The summed E-state index contributed by atoms with van der Waals surface area (Å²) in [6.07, 6.45) is -0.597. The summed E-state index contributed by atoms with van der Waals surface area (Å²) in [5.41, 5.74) is 2.21. The minimum absolute atomic E-state index is 0.0469. The molecule has 1 N–H and O–H groups in total. The number of benzene rings is 2. The van der Waals surface area contributed by atoms with Crippen molar-refractivity contribution in [2.24, 2.45) is 0 Å². The molecule has 0 aliphatic rings. The van der Waals surface area contributed by atoms with E-state index in [1.165, 1.54) is 0 Å². The van der Waals surface area contributed by atoms with Gasteiger partial charge in [-0.25, -0.2) is 0 Å². The van der Waals surface area contributed by atoms with Crippen molar-refractivity contribution in [2.45, 2.75) is 12.0 Å². The van der Waals surface area contributed by atoms with Crippen LogP contribution in [0.1, 0.15) is 17.0 Å². The standard InChI is InChI=1S/C15H13IO/c16-11-14(17)15(12-7-3-1-4-8-12)13-9-5-2-6-10-13/h1-10,14-15,17H. The monoisotopic (exact) mass is 336 g/mol. The van der Waals surface area contributed by atoms with Crippen LogP contribution in [-0.2, 0) is 0 Å². The maximum atomic E-state index is 10.1. The van der Waals surface area contributed by atoms with Crippen LogP contribution in [0, 0.1) is 3.81 Å². The second kappa shape index (κ2) is 6.01. The average Bonchev–Trinajstić information content (AvgIpc) is 2.41. The predicted molar refractivity (Wildman–Crippen MR) is 78.6 cm³/mol. The zero-order valence-electron chi connectivity index (χ0n) is 9.25. The molecule has 0 saturated carbocycles. The van der Waals surface area contributed by atoms with Gasteiger partial charge in [0.05, 0.1) is 0 Å². The number of aliphatic hydroxyl groups is 1. The van der Waals surface area contributed by atoms with Gasteiger partial charge in [-0.2, -0.15) is 0 Å². The Morgan fingerprint density at radius 1 is 0.824 bits per heavy atom. The Kier molecular flexibility index (Phi) is 4.37. The van der Waals surface area contributed by atoms with Crippen molar-refractivity contribution in [1.82, 2.24) is 0 Å². The van der Waals surface area contributed by atoms with Crippen molar-refractivity contribution < 1.29 is 5.11 Å². The number of hydrogen-bond acceptors (Lipinski definition) is 1. The number of rotatable bonds is 3. The first-order valence-corrected chi connectivity index (χ1v) is 6.55. The summed E-state index contributed by atoms with van der Waals surface area (Å²) in [6.45, 7) is 0. The van der Waals surface area contributed by atoms with Crippen LogP contribution in [0.5, 0.6) is 0 Å². The molecule has 0 amide bonds. The van der Waals surface area contributed by atoms with Crippen LogP contribution in [-0.4, -0.2) is 11.2 Å². The fourth-order valence-electron chi connectivity index (χ4n) is 1.94. The average molecular weight is 336 g/mol. The van der Waals surface area contributed by atoms with Gasteiger partial charge in [0.1, 0.15) is 0 Å². The molecule has 0 bridgehead atoms. The summed E-state index contributed by atoms with van der Waals surface area (Å²) < 4.78 is 2.89. The van der Waals surface area contributed by atoms with E-state index in [9.17, 15) is 5.11 Å². The molecule has 2 heteroatoms. The molecule has 0 heterocycles. The summed E-state index contributed by atoms with van der Waals surface area (Å²) in [5.74, 6) is -0.0469. The van der Waals surface area contributed by atoms with Gasteiger partial charge in [-0.3, -0.25) is 0 Å². The van der Waals surface area contributed by atoms with Crippen LogP contribution in [0.15, 0.2) is 60.7 Å². The van der Waals surface area contributed by atoms with Crippen molar-refractivity contribution in [3.8, 4) is 3.81 Å². The van der Waals surface area contributed by atoms with Crippen molar-refractivity contribution in [2.75, 3.05) is 0 Å². The van der Waals surface area contributed by atoms with E-state index in [0.717, 1.165) is 11.1 Å². The van der Waals surface area contributed by atoms with Gasteiger partial charge in [0.25, 0.3) is 0 Å². The second-order valence-electron chi connectivity index (χ2n) is 3.85. The molecular formula is C15H13IO. The molecule has 86 valence electrons. The fraction of sp³-hybridized carbons (Fsp3) is 0.133. The Balaban J connectivity index is 2.44. The third-order valence-electron chi connectivity index (χ3n) is 2.74. The van der Waals surface area contributed by atoms with Gasteiger partial charge < -0.3 is 0 Å². The molecule has 2 aromatic rings. The zero-order chi connectivity index (χ0) is 12.1. The van der Waals surface area contributed by atoms with E-state index in [1.807, 2.05) is 82.6 Å². The Bertz CT molecular complexity index is 462. The normalized spacial score (nSPS) is 12.1. The molecule has 1 nitrogen and oxygen atoms in total. The third kappa shape index (κ3) is 2.97. The summed E-state index contributed by atoms with van der Waals surface area (Å²) in [6, 6.07) is 20.1. The predicted octanol–water partition coefficient (Wildman–Crippen LogP) is 3.57. The maximum absolute atomic E-state index is 10.1. The van der Waals surface area contributed by atoms with Crippen LogP contribution < -0.4 is 0 Å². The molecule has 0 radical (unpaired) electrons. The van der Waals surface area contributed by atoms with Gasteiger partial charge >= 0.3 is 115 Å². The molecule has 0 aliphatic heterocycles. The quantitative estimate of drug-likeness (QED) is 0.850. The summed E-state index contributed by atoms with van der Waals surface area (Å²) in [4.78, 5) is 0. The van der Waals surface area contributed by atoms with Crippen molar-refractivity contribution >= 4 is 21.9 Å². The first kappa shape index (κ1) is 12.4. The zero-order valence-corrected chi connectivity index (χ0v) is 11.4. The van der Waals surface area contributed by atoms with Gasteiger partial charge in [-0.05, 0) is 0 Å². The van der Waals surface area contributed by atoms with E-state index in [-0.39, 0.29) is 5.92 Å². The van der Waals surface area contributed by atoms with Gasteiger partial charge in [-0.1, -0.05) is 0 Å². The fourth-order valence-corrected chi connectivity index (χ4v) is 2.30. The summed E-state index contributed by atoms with van der Waals surface area (Å²) in [7, 11) is 0. The second-order valence-corrected chi connectivity index (χ2v) is 4.48. The van der Waals surface area contributed by atoms with Crippen LogP contribution in [0.4, 0.5) is 0 Å².